The molecule has 0 aromatic heterocycles. The van der Waals surface area contributed by atoms with Crippen molar-refractivity contribution in [1.29, 1.82) is 0 Å². The fraction of sp³-hybridized carbons (Fsp3) is 0.364. The number of amides is 3. The first-order chi connectivity index (χ1) is 13.9. The van der Waals surface area contributed by atoms with Crippen LogP contribution in [0, 0.1) is 5.82 Å². The zero-order chi connectivity index (χ0) is 20.6. The minimum absolute atomic E-state index is 0.201. The molecule has 1 heterocycles. The summed E-state index contributed by atoms with van der Waals surface area (Å²) in [6.07, 6.45) is 2.05. The van der Waals surface area contributed by atoms with E-state index >= 15 is 0 Å². The molecule has 152 valence electrons. The molecule has 4 rings (SSSR count). The minimum Gasteiger partial charge on any atom is -0.497 e. The standard InChI is InChI=1S/C22H24FN3O3/c1-22(16-4-3-5-19(12-16)29-2)20(27)26(21(28)24-22)14-25(18-10-11-18)13-15-6-8-17(23)9-7-15/h3-9,12,18H,10-11,13-14H2,1-2H3,(H,24,28)/t22-/m1/s1. The highest BCUT2D eigenvalue weighted by atomic mass is 19.1. The molecule has 2 aromatic rings. The number of carbonyl (C=O) groups is 2. The lowest BCUT2D eigenvalue weighted by molar-refractivity contribution is -0.132. The maximum atomic E-state index is 13.2. The van der Waals surface area contributed by atoms with Gasteiger partial charge in [0.15, 0.2) is 0 Å². The Morgan fingerprint density at radius 3 is 2.59 bits per heavy atom. The summed E-state index contributed by atoms with van der Waals surface area (Å²) in [5.74, 6) is 0.0514. The number of hydrogen-bond acceptors (Lipinski definition) is 4. The van der Waals surface area contributed by atoms with Gasteiger partial charge in [0.05, 0.1) is 13.8 Å². The van der Waals surface area contributed by atoms with Gasteiger partial charge in [0.2, 0.25) is 0 Å². The predicted molar refractivity (Wildman–Crippen MR) is 106 cm³/mol. The van der Waals surface area contributed by atoms with Crippen LogP contribution in [0.5, 0.6) is 5.75 Å². The van der Waals surface area contributed by atoms with Crippen molar-refractivity contribution in [3.05, 3.63) is 65.5 Å². The van der Waals surface area contributed by atoms with E-state index in [0.717, 1.165) is 18.4 Å². The summed E-state index contributed by atoms with van der Waals surface area (Å²) >= 11 is 0. The number of urea groups is 1. The summed E-state index contributed by atoms with van der Waals surface area (Å²) in [7, 11) is 1.56. The molecular weight excluding hydrogens is 373 g/mol. The van der Waals surface area contributed by atoms with Crippen LogP contribution in [0.4, 0.5) is 9.18 Å². The maximum absolute atomic E-state index is 13.2. The molecule has 2 aromatic carbocycles. The van der Waals surface area contributed by atoms with Gasteiger partial charge in [0.25, 0.3) is 5.91 Å². The number of nitrogens with one attached hydrogen (secondary N) is 1. The number of nitrogens with zero attached hydrogens (tertiary/aromatic N) is 2. The van der Waals surface area contributed by atoms with Gasteiger partial charge in [-0.25, -0.2) is 14.1 Å². The van der Waals surface area contributed by atoms with Crippen LogP contribution >= 0.6 is 0 Å². The number of rotatable bonds is 7. The third-order valence-corrected chi connectivity index (χ3v) is 5.61. The second-order valence-corrected chi connectivity index (χ2v) is 7.77. The molecule has 0 unspecified atom stereocenters. The Morgan fingerprint density at radius 1 is 1.21 bits per heavy atom. The highest BCUT2D eigenvalue weighted by molar-refractivity contribution is 6.07. The number of imide groups is 1. The van der Waals surface area contributed by atoms with E-state index in [1.54, 1.807) is 50.4 Å². The van der Waals surface area contributed by atoms with Crippen molar-refractivity contribution in [3.8, 4) is 5.75 Å². The van der Waals surface area contributed by atoms with Gasteiger partial charge in [0.1, 0.15) is 17.1 Å². The first-order valence-electron chi connectivity index (χ1n) is 9.68. The lowest BCUT2D eigenvalue weighted by Gasteiger charge is -2.27. The number of carbonyl (C=O) groups excluding carboxylic acids is 2. The smallest absolute Gasteiger partial charge is 0.326 e. The molecule has 6 nitrogen and oxygen atoms in total. The van der Waals surface area contributed by atoms with E-state index in [9.17, 15) is 14.0 Å². The molecule has 1 N–H and O–H groups in total. The molecule has 1 aliphatic carbocycles. The highest BCUT2D eigenvalue weighted by Crippen LogP contribution is 2.33. The second-order valence-electron chi connectivity index (χ2n) is 7.77. The van der Waals surface area contributed by atoms with E-state index in [0.29, 0.717) is 23.9 Å². The number of hydrogen-bond donors (Lipinski definition) is 1. The lowest BCUT2D eigenvalue weighted by atomic mass is 9.92. The molecule has 3 amide bonds. The van der Waals surface area contributed by atoms with Crippen LogP contribution in [0.2, 0.25) is 0 Å². The van der Waals surface area contributed by atoms with Gasteiger partial charge in [0, 0.05) is 12.6 Å². The number of benzene rings is 2. The van der Waals surface area contributed by atoms with Crippen LogP contribution < -0.4 is 10.1 Å². The van der Waals surface area contributed by atoms with Gasteiger partial charge in [-0.05, 0) is 55.2 Å². The van der Waals surface area contributed by atoms with Crippen LogP contribution in [0.3, 0.4) is 0 Å². The second kappa shape index (κ2) is 7.48. The lowest BCUT2D eigenvalue weighted by Crippen LogP contribution is -2.44. The van der Waals surface area contributed by atoms with E-state index in [4.69, 9.17) is 4.74 Å². The average Bonchev–Trinajstić information content (AvgIpc) is 3.54. The van der Waals surface area contributed by atoms with Crippen LogP contribution in [0.1, 0.15) is 30.9 Å². The van der Waals surface area contributed by atoms with Crippen molar-refractivity contribution < 1.29 is 18.7 Å². The monoisotopic (exact) mass is 397 g/mol. The molecule has 1 saturated heterocycles. The van der Waals surface area contributed by atoms with Gasteiger partial charge in [-0.1, -0.05) is 24.3 Å². The van der Waals surface area contributed by atoms with Crippen LogP contribution in [-0.4, -0.2) is 41.6 Å². The maximum Gasteiger partial charge on any atom is 0.326 e. The molecule has 0 spiro atoms. The number of halogens is 1. The molecule has 7 heteroatoms. The largest absolute Gasteiger partial charge is 0.497 e. The van der Waals surface area contributed by atoms with Gasteiger partial charge in [-0.15, -0.1) is 0 Å². The Labute approximate surface area is 169 Å². The van der Waals surface area contributed by atoms with E-state index in [-0.39, 0.29) is 18.4 Å². The molecule has 0 radical (unpaired) electrons. The summed E-state index contributed by atoms with van der Waals surface area (Å²) < 4.78 is 18.5. The van der Waals surface area contributed by atoms with Crippen molar-refractivity contribution >= 4 is 11.9 Å². The zero-order valence-electron chi connectivity index (χ0n) is 16.5. The van der Waals surface area contributed by atoms with Gasteiger partial charge < -0.3 is 10.1 Å². The van der Waals surface area contributed by atoms with E-state index in [1.165, 1.54) is 17.0 Å². The van der Waals surface area contributed by atoms with Gasteiger partial charge in [-0.3, -0.25) is 9.69 Å². The van der Waals surface area contributed by atoms with Crippen LogP contribution in [0.25, 0.3) is 0 Å². The molecule has 1 atom stereocenters. The molecule has 29 heavy (non-hydrogen) atoms. The fourth-order valence-electron chi connectivity index (χ4n) is 3.70. The minimum atomic E-state index is -1.14. The molecule has 2 aliphatic rings. The third-order valence-electron chi connectivity index (χ3n) is 5.61. The first kappa shape index (κ1) is 19.4. The van der Waals surface area contributed by atoms with E-state index in [2.05, 4.69) is 10.2 Å². The number of methoxy groups -OCH3 is 1. The van der Waals surface area contributed by atoms with Crippen molar-refractivity contribution in [1.82, 2.24) is 15.1 Å². The zero-order valence-corrected chi connectivity index (χ0v) is 16.5. The van der Waals surface area contributed by atoms with Crippen molar-refractivity contribution in [2.75, 3.05) is 13.8 Å². The SMILES string of the molecule is COc1cccc([C@@]2(C)NC(=O)N(CN(Cc3ccc(F)cc3)C3CC3)C2=O)c1. The number of ether oxygens (including phenoxy) is 1. The van der Waals surface area contributed by atoms with Crippen LogP contribution in [-0.2, 0) is 16.9 Å². The van der Waals surface area contributed by atoms with E-state index < -0.39 is 11.6 Å². The van der Waals surface area contributed by atoms with Gasteiger partial charge >= 0.3 is 6.03 Å². The Balaban J connectivity index is 1.53. The Hall–Kier alpha value is -2.93. The Bertz CT molecular complexity index is 929. The van der Waals surface area contributed by atoms with Crippen molar-refractivity contribution in [3.63, 3.8) is 0 Å². The molecule has 1 saturated carbocycles. The van der Waals surface area contributed by atoms with Gasteiger partial charge in [-0.2, -0.15) is 0 Å². The summed E-state index contributed by atoms with van der Waals surface area (Å²) in [6.45, 7) is 2.47. The van der Waals surface area contributed by atoms with Crippen molar-refractivity contribution in [2.24, 2.45) is 0 Å². The molecule has 1 aliphatic heterocycles. The Morgan fingerprint density at radius 2 is 1.93 bits per heavy atom. The summed E-state index contributed by atoms with van der Waals surface area (Å²) in [5.41, 5.74) is 0.478. The normalized spacial score (nSPS) is 21.6. The summed E-state index contributed by atoms with van der Waals surface area (Å²) in [5, 5.41) is 2.84. The first-order valence-corrected chi connectivity index (χ1v) is 9.68. The summed E-state index contributed by atoms with van der Waals surface area (Å²) in [6, 6.07) is 13.4. The van der Waals surface area contributed by atoms with Crippen molar-refractivity contribution in [2.45, 2.75) is 37.9 Å². The quantitative estimate of drug-likeness (QED) is 0.729. The van der Waals surface area contributed by atoms with Crippen LogP contribution in [0.15, 0.2) is 48.5 Å². The predicted octanol–water partition coefficient (Wildman–Crippen LogP) is 3.22. The summed E-state index contributed by atoms with van der Waals surface area (Å²) in [4.78, 5) is 29.3. The molecule has 2 fully saturated rings. The molecular formula is C22H24FN3O3. The fourth-order valence-corrected chi connectivity index (χ4v) is 3.70. The third kappa shape index (κ3) is 3.82. The topological polar surface area (TPSA) is 61.9 Å². The van der Waals surface area contributed by atoms with E-state index in [1.807, 2.05) is 0 Å². The highest BCUT2D eigenvalue weighted by Gasteiger charge is 2.50. The Kier molecular flexibility index (Phi) is 5.00. The molecule has 0 bridgehead atoms. The average molecular weight is 397 g/mol.